The Morgan fingerprint density at radius 2 is 2.18 bits per heavy atom. The summed E-state index contributed by atoms with van der Waals surface area (Å²) in [6.45, 7) is 4.65. The Morgan fingerprint density at radius 3 is 2.82 bits per heavy atom. The highest BCUT2D eigenvalue weighted by Crippen LogP contribution is 2.35. The number of furan rings is 1. The smallest absolute Gasteiger partial charge is 0.103 e. The molecule has 2 rings (SSSR count). The zero-order valence-corrected chi connectivity index (χ0v) is 10.9. The molecule has 2 heteroatoms. The van der Waals surface area contributed by atoms with Crippen molar-refractivity contribution in [1.82, 2.24) is 0 Å². The Balaban J connectivity index is 1.78. The summed E-state index contributed by atoms with van der Waals surface area (Å²) < 4.78 is 5.30. The van der Waals surface area contributed by atoms with Crippen LogP contribution in [0.1, 0.15) is 45.3 Å². The van der Waals surface area contributed by atoms with Gasteiger partial charge >= 0.3 is 0 Å². The minimum Gasteiger partial charge on any atom is -0.469 e. The number of hydrogen-bond acceptors (Lipinski definition) is 2. The molecule has 1 saturated carbocycles. The number of aliphatic hydroxyl groups excluding tert-OH is 1. The fourth-order valence-corrected chi connectivity index (χ4v) is 2.92. The van der Waals surface area contributed by atoms with Gasteiger partial charge in [-0.1, -0.05) is 20.3 Å². The van der Waals surface area contributed by atoms with Gasteiger partial charge in [0.15, 0.2) is 0 Å². The predicted molar refractivity (Wildman–Crippen MR) is 68.7 cm³/mol. The normalized spacial score (nSPS) is 31.4. The monoisotopic (exact) mass is 236 g/mol. The zero-order valence-electron chi connectivity index (χ0n) is 10.9. The van der Waals surface area contributed by atoms with Gasteiger partial charge in [-0.3, -0.25) is 0 Å². The highest BCUT2D eigenvalue weighted by molar-refractivity contribution is 4.98. The minimum atomic E-state index is -0.157. The molecule has 0 aromatic carbocycles. The predicted octanol–water partition coefficient (Wildman–Crippen LogP) is 3.65. The molecular weight excluding hydrogens is 212 g/mol. The Morgan fingerprint density at radius 1 is 1.35 bits per heavy atom. The second-order valence-electron chi connectivity index (χ2n) is 5.71. The molecule has 96 valence electrons. The second-order valence-corrected chi connectivity index (χ2v) is 5.71. The Labute approximate surface area is 104 Å². The van der Waals surface area contributed by atoms with E-state index in [1.54, 1.807) is 6.26 Å². The first-order valence-electron chi connectivity index (χ1n) is 6.87. The average Bonchev–Trinajstić information content (AvgIpc) is 2.82. The Kier molecular flexibility index (Phi) is 4.27. The summed E-state index contributed by atoms with van der Waals surface area (Å²) >= 11 is 0. The molecule has 0 spiro atoms. The standard InChI is InChI=1S/C15H24O2/c1-11-5-6-13(10-12(11)2)15(16)8-7-14-4-3-9-17-14/h3-4,9,11-13,15-16H,5-8,10H2,1-2H3. The van der Waals surface area contributed by atoms with Crippen molar-refractivity contribution >= 4 is 0 Å². The summed E-state index contributed by atoms with van der Waals surface area (Å²) in [4.78, 5) is 0. The quantitative estimate of drug-likeness (QED) is 0.865. The van der Waals surface area contributed by atoms with E-state index in [2.05, 4.69) is 13.8 Å². The summed E-state index contributed by atoms with van der Waals surface area (Å²) in [5.41, 5.74) is 0. The minimum absolute atomic E-state index is 0.157. The van der Waals surface area contributed by atoms with Gasteiger partial charge in [-0.05, 0) is 49.1 Å². The maximum Gasteiger partial charge on any atom is 0.103 e. The van der Waals surface area contributed by atoms with Gasteiger partial charge in [-0.15, -0.1) is 0 Å². The van der Waals surface area contributed by atoms with E-state index >= 15 is 0 Å². The van der Waals surface area contributed by atoms with E-state index in [-0.39, 0.29) is 6.10 Å². The molecule has 4 unspecified atom stereocenters. The lowest BCUT2D eigenvalue weighted by molar-refractivity contribution is 0.0501. The maximum atomic E-state index is 10.2. The highest BCUT2D eigenvalue weighted by Gasteiger charge is 2.28. The number of rotatable bonds is 4. The number of aliphatic hydroxyl groups is 1. The van der Waals surface area contributed by atoms with Crippen molar-refractivity contribution in [3.05, 3.63) is 24.2 Å². The summed E-state index contributed by atoms with van der Waals surface area (Å²) in [5, 5.41) is 10.2. The SMILES string of the molecule is CC1CCC(C(O)CCc2ccco2)CC1C. The number of aryl methyl sites for hydroxylation is 1. The van der Waals surface area contributed by atoms with Crippen LogP contribution in [0.4, 0.5) is 0 Å². The van der Waals surface area contributed by atoms with Crippen LogP contribution in [0.25, 0.3) is 0 Å². The maximum absolute atomic E-state index is 10.2. The lowest BCUT2D eigenvalue weighted by atomic mass is 9.73. The van der Waals surface area contributed by atoms with Crippen molar-refractivity contribution < 1.29 is 9.52 Å². The van der Waals surface area contributed by atoms with Crippen molar-refractivity contribution in [2.75, 3.05) is 0 Å². The molecule has 0 saturated heterocycles. The van der Waals surface area contributed by atoms with Crippen molar-refractivity contribution in [1.29, 1.82) is 0 Å². The van der Waals surface area contributed by atoms with Crippen molar-refractivity contribution in [3.8, 4) is 0 Å². The third-order valence-corrected chi connectivity index (χ3v) is 4.45. The van der Waals surface area contributed by atoms with Crippen LogP contribution in [0.5, 0.6) is 0 Å². The van der Waals surface area contributed by atoms with E-state index in [0.29, 0.717) is 5.92 Å². The van der Waals surface area contributed by atoms with Crippen LogP contribution in [0.2, 0.25) is 0 Å². The van der Waals surface area contributed by atoms with Gasteiger partial charge in [-0.25, -0.2) is 0 Å². The summed E-state index contributed by atoms with van der Waals surface area (Å²) in [6.07, 6.45) is 6.87. The van der Waals surface area contributed by atoms with E-state index in [1.807, 2.05) is 12.1 Å². The fraction of sp³-hybridized carbons (Fsp3) is 0.733. The van der Waals surface area contributed by atoms with Gasteiger partial charge in [0, 0.05) is 6.42 Å². The van der Waals surface area contributed by atoms with Crippen LogP contribution in [-0.4, -0.2) is 11.2 Å². The van der Waals surface area contributed by atoms with E-state index < -0.39 is 0 Å². The third kappa shape index (κ3) is 3.35. The van der Waals surface area contributed by atoms with Crippen LogP contribution >= 0.6 is 0 Å². The lowest BCUT2D eigenvalue weighted by Crippen LogP contribution is -2.29. The highest BCUT2D eigenvalue weighted by atomic mass is 16.3. The van der Waals surface area contributed by atoms with E-state index in [9.17, 15) is 5.11 Å². The molecule has 1 fully saturated rings. The fourth-order valence-electron chi connectivity index (χ4n) is 2.92. The van der Waals surface area contributed by atoms with Gasteiger partial charge < -0.3 is 9.52 Å². The Hall–Kier alpha value is -0.760. The van der Waals surface area contributed by atoms with E-state index in [1.165, 1.54) is 19.3 Å². The van der Waals surface area contributed by atoms with Crippen LogP contribution in [0.3, 0.4) is 0 Å². The molecular formula is C15H24O2. The number of hydrogen-bond donors (Lipinski definition) is 1. The van der Waals surface area contributed by atoms with Gasteiger partial charge in [0.25, 0.3) is 0 Å². The third-order valence-electron chi connectivity index (χ3n) is 4.45. The summed E-state index contributed by atoms with van der Waals surface area (Å²) in [5.74, 6) is 3.06. The van der Waals surface area contributed by atoms with Gasteiger partial charge in [0.2, 0.25) is 0 Å². The first kappa shape index (κ1) is 12.7. The molecule has 1 aliphatic rings. The van der Waals surface area contributed by atoms with Gasteiger partial charge in [0.05, 0.1) is 12.4 Å². The first-order valence-corrected chi connectivity index (χ1v) is 6.87. The second kappa shape index (κ2) is 5.72. The van der Waals surface area contributed by atoms with Crippen molar-refractivity contribution in [3.63, 3.8) is 0 Å². The van der Waals surface area contributed by atoms with Crippen LogP contribution in [0, 0.1) is 17.8 Å². The van der Waals surface area contributed by atoms with Crippen molar-refractivity contribution in [2.45, 2.75) is 52.1 Å². The van der Waals surface area contributed by atoms with E-state index in [4.69, 9.17) is 4.42 Å². The van der Waals surface area contributed by atoms with Crippen LogP contribution < -0.4 is 0 Å². The van der Waals surface area contributed by atoms with Crippen LogP contribution in [-0.2, 0) is 6.42 Å². The zero-order chi connectivity index (χ0) is 12.3. The average molecular weight is 236 g/mol. The molecule has 17 heavy (non-hydrogen) atoms. The van der Waals surface area contributed by atoms with E-state index in [0.717, 1.165) is 30.4 Å². The molecule has 1 N–H and O–H groups in total. The van der Waals surface area contributed by atoms with Gasteiger partial charge in [-0.2, -0.15) is 0 Å². The molecule has 1 aromatic rings. The summed E-state index contributed by atoms with van der Waals surface area (Å²) in [6, 6.07) is 3.89. The lowest BCUT2D eigenvalue weighted by Gasteiger charge is -2.34. The molecule has 0 bridgehead atoms. The Bertz CT molecular complexity index is 318. The first-order chi connectivity index (χ1) is 8.16. The van der Waals surface area contributed by atoms with Crippen molar-refractivity contribution in [2.24, 2.45) is 17.8 Å². The molecule has 4 atom stereocenters. The largest absolute Gasteiger partial charge is 0.469 e. The molecule has 1 aromatic heterocycles. The molecule has 0 radical (unpaired) electrons. The van der Waals surface area contributed by atoms with Gasteiger partial charge in [0.1, 0.15) is 5.76 Å². The molecule has 2 nitrogen and oxygen atoms in total. The molecule has 0 aliphatic heterocycles. The summed E-state index contributed by atoms with van der Waals surface area (Å²) in [7, 11) is 0. The molecule has 1 aliphatic carbocycles. The molecule has 0 amide bonds. The topological polar surface area (TPSA) is 33.4 Å². The molecule has 1 heterocycles. The van der Waals surface area contributed by atoms with Crippen LogP contribution in [0.15, 0.2) is 22.8 Å².